The molecule has 0 aliphatic heterocycles. The van der Waals surface area contributed by atoms with Gasteiger partial charge in [-0.25, -0.2) is 0 Å². The van der Waals surface area contributed by atoms with Crippen LogP contribution in [0, 0.1) is 6.92 Å². The molecule has 0 N–H and O–H groups in total. The molecule has 0 spiro atoms. The van der Waals surface area contributed by atoms with Crippen molar-refractivity contribution in [2.24, 2.45) is 0 Å². The Balaban J connectivity index is 2.64. The van der Waals surface area contributed by atoms with E-state index in [-0.39, 0.29) is 0 Å². The van der Waals surface area contributed by atoms with Crippen LogP contribution in [0.3, 0.4) is 0 Å². The molecule has 0 unspecified atom stereocenters. The van der Waals surface area contributed by atoms with Crippen LogP contribution in [-0.2, 0) is 0 Å². The maximum Gasteiger partial charge on any atom is 0.207 e. The average molecular weight is 185 g/mol. The topological polar surface area (TPSA) is 56.0 Å². The van der Waals surface area contributed by atoms with E-state index in [0.717, 1.165) is 10.8 Å². The minimum Gasteiger partial charge on any atom is -0.155 e. The molecule has 2 aromatic heterocycles. The second kappa shape index (κ2) is 2.47. The third-order valence-corrected chi connectivity index (χ3v) is 2.31. The number of tetrazole rings is 1. The van der Waals surface area contributed by atoms with E-state index >= 15 is 0 Å². The van der Waals surface area contributed by atoms with Crippen molar-refractivity contribution < 1.29 is 0 Å². The van der Waals surface area contributed by atoms with E-state index in [9.17, 15) is 0 Å². The normalized spacial score (nSPS) is 11.2. The van der Waals surface area contributed by atoms with Gasteiger partial charge < -0.3 is 0 Å². The van der Waals surface area contributed by atoms with E-state index in [2.05, 4.69) is 20.6 Å². The van der Waals surface area contributed by atoms with Crippen molar-refractivity contribution in [2.45, 2.75) is 6.92 Å². The van der Waals surface area contributed by atoms with Crippen LogP contribution in [0.25, 0.3) is 16.4 Å². The van der Waals surface area contributed by atoms with E-state index in [4.69, 9.17) is 0 Å². The molecule has 3 aromatic rings. The van der Waals surface area contributed by atoms with Crippen LogP contribution in [0.4, 0.5) is 0 Å². The molecule has 3 rings (SSSR count). The molecule has 5 nitrogen and oxygen atoms in total. The van der Waals surface area contributed by atoms with Gasteiger partial charge in [0.25, 0.3) is 0 Å². The number of aryl methyl sites for hydroxylation is 1. The molecular weight excluding hydrogens is 178 g/mol. The van der Waals surface area contributed by atoms with Gasteiger partial charge in [0.05, 0.1) is 6.20 Å². The Hall–Kier alpha value is -2.04. The first kappa shape index (κ1) is 7.37. The third kappa shape index (κ3) is 0.834. The van der Waals surface area contributed by atoms with E-state index < -0.39 is 0 Å². The van der Waals surface area contributed by atoms with Gasteiger partial charge in [0.1, 0.15) is 0 Å². The lowest BCUT2D eigenvalue weighted by Gasteiger charge is -2.00. The summed E-state index contributed by atoms with van der Waals surface area (Å²) in [5.74, 6) is 0. The van der Waals surface area contributed by atoms with E-state index in [1.807, 2.05) is 25.1 Å². The SMILES string of the molecule is Cc1cccc2c1cnn1nnnc21. The predicted octanol–water partition coefficient (Wildman–Crippen LogP) is 0.981. The molecule has 14 heavy (non-hydrogen) atoms. The van der Waals surface area contributed by atoms with Crippen LogP contribution in [0.2, 0.25) is 0 Å². The number of hydrogen-bond donors (Lipinski definition) is 0. The molecule has 68 valence electrons. The summed E-state index contributed by atoms with van der Waals surface area (Å²) in [5.41, 5.74) is 1.88. The number of fused-ring (bicyclic) bond motifs is 3. The highest BCUT2D eigenvalue weighted by molar-refractivity contribution is 5.94. The number of nitrogens with zero attached hydrogens (tertiary/aromatic N) is 5. The summed E-state index contributed by atoms with van der Waals surface area (Å²) < 4.78 is 1.43. The summed E-state index contributed by atoms with van der Waals surface area (Å²) in [5, 5.41) is 17.5. The summed E-state index contributed by atoms with van der Waals surface area (Å²) in [6, 6.07) is 6.03. The number of hydrogen-bond acceptors (Lipinski definition) is 4. The highest BCUT2D eigenvalue weighted by Gasteiger charge is 2.05. The van der Waals surface area contributed by atoms with Crippen LogP contribution in [-0.4, -0.2) is 25.3 Å². The summed E-state index contributed by atoms with van der Waals surface area (Å²) in [6.45, 7) is 2.05. The molecule has 0 amide bonds. The molecule has 0 radical (unpaired) electrons. The Morgan fingerprint density at radius 3 is 3.07 bits per heavy atom. The van der Waals surface area contributed by atoms with Gasteiger partial charge in [-0.05, 0) is 22.9 Å². The fourth-order valence-electron chi connectivity index (χ4n) is 1.58. The second-order valence-corrected chi connectivity index (χ2v) is 3.17. The fraction of sp³-hybridized carbons (Fsp3) is 0.111. The zero-order valence-electron chi connectivity index (χ0n) is 7.55. The van der Waals surface area contributed by atoms with Gasteiger partial charge >= 0.3 is 0 Å². The zero-order chi connectivity index (χ0) is 9.54. The first-order valence-electron chi connectivity index (χ1n) is 4.29. The summed E-state index contributed by atoms with van der Waals surface area (Å²) in [4.78, 5) is 0. The quantitative estimate of drug-likeness (QED) is 0.524. The van der Waals surface area contributed by atoms with E-state index in [0.29, 0.717) is 5.65 Å². The smallest absolute Gasteiger partial charge is 0.155 e. The molecule has 0 aliphatic carbocycles. The largest absolute Gasteiger partial charge is 0.207 e. The first-order chi connectivity index (χ1) is 6.86. The molecule has 2 heterocycles. The van der Waals surface area contributed by atoms with Gasteiger partial charge in [-0.2, -0.15) is 5.10 Å². The molecule has 0 atom stereocenters. The van der Waals surface area contributed by atoms with Crippen LogP contribution in [0.5, 0.6) is 0 Å². The number of rotatable bonds is 0. The molecular formula is C9H7N5. The highest BCUT2D eigenvalue weighted by Crippen LogP contribution is 2.19. The van der Waals surface area contributed by atoms with Crippen molar-refractivity contribution in [3.8, 4) is 0 Å². The molecule has 0 saturated heterocycles. The van der Waals surface area contributed by atoms with Gasteiger partial charge in [-0.15, -0.1) is 9.73 Å². The van der Waals surface area contributed by atoms with Crippen LogP contribution >= 0.6 is 0 Å². The predicted molar refractivity (Wildman–Crippen MR) is 50.8 cm³/mol. The zero-order valence-corrected chi connectivity index (χ0v) is 7.55. The molecule has 5 heteroatoms. The maximum atomic E-state index is 4.11. The van der Waals surface area contributed by atoms with Gasteiger partial charge in [0, 0.05) is 10.8 Å². The molecule has 1 aromatic carbocycles. The van der Waals surface area contributed by atoms with Crippen molar-refractivity contribution in [3.05, 3.63) is 30.0 Å². The minimum atomic E-state index is 0.700. The monoisotopic (exact) mass is 185 g/mol. The standard InChI is InChI=1S/C9H7N5/c1-6-3-2-4-7-8(6)5-10-14-9(7)11-12-13-14/h2-5H,1H3. The summed E-state index contributed by atoms with van der Waals surface area (Å²) >= 11 is 0. The van der Waals surface area contributed by atoms with Crippen LogP contribution in [0.1, 0.15) is 5.56 Å². The van der Waals surface area contributed by atoms with Crippen molar-refractivity contribution in [1.82, 2.24) is 25.3 Å². The van der Waals surface area contributed by atoms with Gasteiger partial charge in [0.15, 0.2) is 0 Å². The van der Waals surface area contributed by atoms with Crippen molar-refractivity contribution >= 4 is 16.4 Å². The first-order valence-corrected chi connectivity index (χ1v) is 4.29. The maximum absolute atomic E-state index is 4.11. The lowest BCUT2D eigenvalue weighted by Crippen LogP contribution is -1.94. The fourth-order valence-corrected chi connectivity index (χ4v) is 1.58. The molecule has 0 aliphatic rings. The van der Waals surface area contributed by atoms with Gasteiger partial charge in [-0.3, -0.25) is 0 Å². The van der Waals surface area contributed by atoms with E-state index in [1.54, 1.807) is 6.20 Å². The lowest BCUT2D eigenvalue weighted by atomic mass is 10.1. The van der Waals surface area contributed by atoms with Crippen LogP contribution in [0.15, 0.2) is 24.4 Å². The minimum absolute atomic E-state index is 0.700. The lowest BCUT2D eigenvalue weighted by molar-refractivity contribution is 0.736. The molecule has 0 fully saturated rings. The number of aromatic nitrogens is 5. The third-order valence-electron chi connectivity index (χ3n) is 2.31. The van der Waals surface area contributed by atoms with Crippen LogP contribution < -0.4 is 0 Å². The Kier molecular flexibility index (Phi) is 1.30. The van der Waals surface area contributed by atoms with Gasteiger partial charge in [-0.1, -0.05) is 18.2 Å². The Morgan fingerprint density at radius 1 is 1.21 bits per heavy atom. The molecule has 0 bridgehead atoms. The van der Waals surface area contributed by atoms with Crippen molar-refractivity contribution in [2.75, 3.05) is 0 Å². The highest BCUT2D eigenvalue weighted by atomic mass is 15.6. The van der Waals surface area contributed by atoms with E-state index in [1.165, 1.54) is 10.2 Å². The Labute approximate surface area is 79.3 Å². The van der Waals surface area contributed by atoms with Crippen molar-refractivity contribution in [1.29, 1.82) is 0 Å². The number of benzene rings is 1. The molecule has 0 saturated carbocycles. The summed E-state index contributed by atoms with van der Waals surface area (Å²) in [6.07, 6.45) is 1.79. The second-order valence-electron chi connectivity index (χ2n) is 3.17. The Morgan fingerprint density at radius 2 is 2.14 bits per heavy atom. The summed E-state index contributed by atoms with van der Waals surface area (Å²) in [7, 11) is 0. The van der Waals surface area contributed by atoms with Gasteiger partial charge in [0.2, 0.25) is 5.65 Å². The van der Waals surface area contributed by atoms with Crippen molar-refractivity contribution in [3.63, 3.8) is 0 Å². The Bertz CT molecular complexity index is 613. The average Bonchev–Trinajstić information content (AvgIpc) is 2.66.